The molecule has 0 unspecified atom stereocenters. The van der Waals surface area contributed by atoms with Crippen LogP contribution in [0.15, 0.2) is 12.4 Å². The Hall–Kier alpha value is -0.310. The Morgan fingerprint density at radius 2 is 2.33 bits per heavy atom. The third-order valence-electron chi connectivity index (χ3n) is 1.90. The number of unbranched alkanes of at least 4 members (excludes halogenated alkanes) is 1. The molecule has 0 N–H and O–H groups in total. The number of rotatable bonds is 5. The van der Waals surface area contributed by atoms with Gasteiger partial charge in [0, 0.05) is 30.7 Å². The van der Waals surface area contributed by atoms with Gasteiger partial charge in [0.05, 0.1) is 0 Å². The summed E-state index contributed by atoms with van der Waals surface area (Å²) in [6.07, 6.45) is 7.44. The van der Waals surface area contributed by atoms with E-state index in [0.29, 0.717) is 0 Å². The minimum absolute atomic E-state index is 1.03. The van der Waals surface area contributed by atoms with Crippen LogP contribution in [0.1, 0.15) is 25.6 Å². The van der Waals surface area contributed by atoms with Crippen LogP contribution in [0.5, 0.6) is 0 Å². The van der Waals surface area contributed by atoms with Crippen LogP contribution in [0.4, 0.5) is 0 Å². The standard InChI is InChI=1S/C9H15BrN2/c1-2-9-11-6-8-12(9)7-4-3-5-10/h6,8H,2-5,7H2,1H3. The van der Waals surface area contributed by atoms with Crippen molar-refractivity contribution in [3.05, 3.63) is 18.2 Å². The third kappa shape index (κ3) is 2.63. The minimum atomic E-state index is 1.03. The Labute approximate surface area is 82.1 Å². The van der Waals surface area contributed by atoms with Crippen molar-refractivity contribution in [2.75, 3.05) is 5.33 Å². The zero-order valence-corrected chi connectivity index (χ0v) is 9.05. The molecule has 1 aromatic heterocycles. The first-order valence-electron chi connectivity index (χ1n) is 4.44. The maximum atomic E-state index is 4.26. The molecule has 1 rings (SSSR count). The van der Waals surface area contributed by atoms with Gasteiger partial charge in [-0.1, -0.05) is 22.9 Å². The Balaban J connectivity index is 2.39. The number of alkyl halides is 1. The Morgan fingerprint density at radius 3 is 3.00 bits per heavy atom. The van der Waals surface area contributed by atoms with E-state index < -0.39 is 0 Å². The van der Waals surface area contributed by atoms with Gasteiger partial charge in [-0.3, -0.25) is 0 Å². The largest absolute Gasteiger partial charge is 0.335 e. The predicted molar refractivity (Wildman–Crippen MR) is 54.6 cm³/mol. The van der Waals surface area contributed by atoms with Crippen LogP contribution in [-0.2, 0) is 13.0 Å². The highest BCUT2D eigenvalue weighted by atomic mass is 79.9. The molecule has 0 aliphatic carbocycles. The van der Waals surface area contributed by atoms with E-state index in [4.69, 9.17) is 0 Å². The highest BCUT2D eigenvalue weighted by Crippen LogP contribution is 2.02. The quantitative estimate of drug-likeness (QED) is 0.562. The van der Waals surface area contributed by atoms with Crippen LogP contribution in [0, 0.1) is 0 Å². The van der Waals surface area contributed by atoms with E-state index in [2.05, 4.69) is 38.6 Å². The fourth-order valence-electron chi connectivity index (χ4n) is 1.23. The van der Waals surface area contributed by atoms with Gasteiger partial charge in [0.15, 0.2) is 0 Å². The summed E-state index contributed by atoms with van der Waals surface area (Å²) >= 11 is 3.42. The highest BCUT2D eigenvalue weighted by molar-refractivity contribution is 9.09. The number of imidazole rings is 1. The van der Waals surface area contributed by atoms with Crippen LogP contribution in [-0.4, -0.2) is 14.9 Å². The van der Waals surface area contributed by atoms with Crippen LogP contribution in [0.2, 0.25) is 0 Å². The van der Waals surface area contributed by atoms with Gasteiger partial charge in [0.2, 0.25) is 0 Å². The SMILES string of the molecule is CCc1nccn1CCCCBr. The molecule has 3 heteroatoms. The van der Waals surface area contributed by atoms with E-state index >= 15 is 0 Å². The maximum Gasteiger partial charge on any atom is 0.108 e. The lowest BCUT2D eigenvalue weighted by atomic mass is 10.3. The van der Waals surface area contributed by atoms with Gasteiger partial charge >= 0.3 is 0 Å². The number of aromatic nitrogens is 2. The lowest BCUT2D eigenvalue weighted by molar-refractivity contribution is 0.609. The number of hydrogen-bond donors (Lipinski definition) is 0. The van der Waals surface area contributed by atoms with Crippen molar-refractivity contribution in [3.63, 3.8) is 0 Å². The second-order valence-electron chi connectivity index (χ2n) is 2.79. The first-order chi connectivity index (χ1) is 5.88. The van der Waals surface area contributed by atoms with Crippen molar-refractivity contribution in [1.82, 2.24) is 9.55 Å². The fourth-order valence-corrected chi connectivity index (χ4v) is 1.63. The molecule has 68 valence electrons. The predicted octanol–water partition coefficient (Wildman–Crippen LogP) is 2.62. The summed E-state index contributed by atoms with van der Waals surface area (Å²) in [6.45, 7) is 3.25. The maximum absolute atomic E-state index is 4.26. The zero-order valence-electron chi connectivity index (χ0n) is 7.46. The summed E-state index contributed by atoms with van der Waals surface area (Å²) < 4.78 is 2.24. The molecule has 2 nitrogen and oxygen atoms in total. The minimum Gasteiger partial charge on any atom is -0.335 e. The first kappa shape index (κ1) is 9.78. The normalized spacial score (nSPS) is 10.5. The summed E-state index contributed by atoms with van der Waals surface area (Å²) in [5, 5.41) is 1.10. The van der Waals surface area contributed by atoms with E-state index in [1.165, 1.54) is 18.7 Å². The molecule has 0 aromatic carbocycles. The van der Waals surface area contributed by atoms with E-state index in [0.717, 1.165) is 18.3 Å². The van der Waals surface area contributed by atoms with Crippen molar-refractivity contribution < 1.29 is 0 Å². The molecule has 1 aromatic rings. The number of aryl methyl sites for hydroxylation is 2. The number of nitrogens with zero attached hydrogens (tertiary/aromatic N) is 2. The molecule has 0 aliphatic rings. The highest BCUT2D eigenvalue weighted by Gasteiger charge is 1.98. The number of hydrogen-bond acceptors (Lipinski definition) is 1. The van der Waals surface area contributed by atoms with Crippen LogP contribution in [0.3, 0.4) is 0 Å². The van der Waals surface area contributed by atoms with Gasteiger partial charge in [0.25, 0.3) is 0 Å². The monoisotopic (exact) mass is 230 g/mol. The van der Waals surface area contributed by atoms with Gasteiger partial charge in [-0.2, -0.15) is 0 Å². The van der Waals surface area contributed by atoms with Gasteiger partial charge in [-0.15, -0.1) is 0 Å². The van der Waals surface area contributed by atoms with Gasteiger partial charge < -0.3 is 4.57 Å². The molecule has 0 spiro atoms. The Morgan fingerprint density at radius 1 is 1.50 bits per heavy atom. The molecular weight excluding hydrogens is 216 g/mol. The lowest BCUT2D eigenvalue weighted by Crippen LogP contribution is -2.02. The Kier molecular flexibility index (Phi) is 4.36. The van der Waals surface area contributed by atoms with E-state index in [1.807, 2.05) is 6.20 Å². The second-order valence-corrected chi connectivity index (χ2v) is 3.58. The summed E-state index contributed by atoms with van der Waals surface area (Å²) in [5.74, 6) is 1.20. The molecule has 0 saturated carbocycles. The van der Waals surface area contributed by atoms with Crippen LogP contribution in [0.25, 0.3) is 0 Å². The first-order valence-corrected chi connectivity index (χ1v) is 5.56. The van der Waals surface area contributed by atoms with Crippen molar-refractivity contribution in [2.24, 2.45) is 0 Å². The summed E-state index contributed by atoms with van der Waals surface area (Å²) in [6, 6.07) is 0. The average molecular weight is 231 g/mol. The fraction of sp³-hybridized carbons (Fsp3) is 0.667. The number of halogens is 1. The van der Waals surface area contributed by atoms with E-state index in [1.54, 1.807) is 0 Å². The van der Waals surface area contributed by atoms with Crippen molar-refractivity contribution in [1.29, 1.82) is 0 Å². The summed E-state index contributed by atoms with van der Waals surface area (Å²) in [7, 11) is 0. The van der Waals surface area contributed by atoms with Crippen molar-refractivity contribution in [3.8, 4) is 0 Å². The van der Waals surface area contributed by atoms with Gasteiger partial charge in [0.1, 0.15) is 5.82 Å². The topological polar surface area (TPSA) is 17.8 Å². The summed E-state index contributed by atoms with van der Waals surface area (Å²) in [5.41, 5.74) is 0. The molecule has 0 atom stereocenters. The molecule has 0 aliphatic heterocycles. The molecule has 0 saturated heterocycles. The molecular formula is C9H15BrN2. The summed E-state index contributed by atoms with van der Waals surface area (Å²) in [4.78, 5) is 4.26. The van der Waals surface area contributed by atoms with E-state index in [9.17, 15) is 0 Å². The molecule has 12 heavy (non-hydrogen) atoms. The average Bonchev–Trinajstić information content (AvgIpc) is 2.52. The molecule has 0 amide bonds. The second kappa shape index (κ2) is 5.36. The lowest BCUT2D eigenvalue weighted by Gasteiger charge is -2.04. The van der Waals surface area contributed by atoms with Gasteiger partial charge in [-0.25, -0.2) is 4.98 Å². The zero-order chi connectivity index (χ0) is 8.81. The molecule has 1 heterocycles. The molecule has 0 radical (unpaired) electrons. The van der Waals surface area contributed by atoms with Crippen LogP contribution >= 0.6 is 15.9 Å². The van der Waals surface area contributed by atoms with E-state index in [-0.39, 0.29) is 0 Å². The van der Waals surface area contributed by atoms with Crippen molar-refractivity contribution >= 4 is 15.9 Å². The smallest absolute Gasteiger partial charge is 0.108 e. The molecule has 0 fully saturated rings. The van der Waals surface area contributed by atoms with Gasteiger partial charge in [-0.05, 0) is 12.8 Å². The third-order valence-corrected chi connectivity index (χ3v) is 2.46. The Bertz CT molecular complexity index is 220. The van der Waals surface area contributed by atoms with Crippen LogP contribution < -0.4 is 0 Å². The van der Waals surface area contributed by atoms with Crippen molar-refractivity contribution in [2.45, 2.75) is 32.7 Å². The molecule has 0 bridgehead atoms.